The van der Waals surface area contributed by atoms with E-state index in [1.807, 2.05) is 24.3 Å². The third-order valence-corrected chi connectivity index (χ3v) is 5.03. The average Bonchev–Trinajstić information content (AvgIpc) is 3.11. The Labute approximate surface area is 152 Å². The Bertz CT molecular complexity index is 873. The number of hydrogen-bond donors (Lipinski definition) is 1. The average molecular weight is 346 g/mol. The largest absolute Gasteiger partial charge is 0.437 e. The number of benzene rings is 2. The van der Waals surface area contributed by atoms with Crippen molar-refractivity contribution >= 4 is 23.1 Å². The van der Waals surface area contributed by atoms with Crippen LogP contribution < -0.4 is 5.32 Å². The Morgan fingerprint density at radius 2 is 1.73 bits per heavy atom. The Hall–Kier alpha value is -2.88. The summed E-state index contributed by atoms with van der Waals surface area (Å²) < 4.78 is 5.59. The molecule has 0 saturated heterocycles. The fraction of sp³-hybridized carbons (Fsp3) is 0.273. The van der Waals surface area contributed by atoms with Crippen LogP contribution in [0.3, 0.4) is 0 Å². The molecule has 0 bridgehead atoms. The first-order valence-corrected chi connectivity index (χ1v) is 9.17. The molecule has 3 aromatic rings. The van der Waals surface area contributed by atoms with E-state index in [0.717, 1.165) is 36.8 Å². The number of nitrogens with one attached hydrogen (secondary N) is 1. The van der Waals surface area contributed by atoms with Gasteiger partial charge in [0.2, 0.25) is 11.8 Å². The van der Waals surface area contributed by atoms with Crippen LogP contribution >= 0.6 is 0 Å². The lowest BCUT2D eigenvalue weighted by Crippen LogP contribution is -2.36. The second kappa shape index (κ2) is 7.56. The van der Waals surface area contributed by atoms with Gasteiger partial charge in [-0.25, -0.2) is 4.98 Å². The molecule has 1 heterocycles. The highest BCUT2D eigenvalue weighted by Gasteiger charge is 2.22. The van der Waals surface area contributed by atoms with Gasteiger partial charge in [-0.1, -0.05) is 42.5 Å². The van der Waals surface area contributed by atoms with E-state index in [-0.39, 0.29) is 11.9 Å². The van der Waals surface area contributed by atoms with Gasteiger partial charge in [0.1, 0.15) is 5.52 Å². The molecule has 1 saturated carbocycles. The summed E-state index contributed by atoms with van der Waals surface area (Å²) in [5, 5.41) is 3.10. The summed E-state index contributed by atoms with van der Waals surface area (Å²) in [6.45, 7) is 0. The van der Waals surface area contributed by atoms with Crippen LogP contribution in [0.2, 0.25) is 0 Å². The Kier molecular flexibility index (Phi) is 4.82. The summed E-state index contributed by atoms with van der Waals surface area (Å²) in [5.74, 6) is 0.976. The van der Waals surface area contributed by atoms with Crippen molar-refractivity contribution in [2.24, 2.45) is 0 Å². The standard InChI is InChI=1S/C22H22N2O2/c25-21(14-15-22-24-19-8-4-5-9-20(19)26-22)23-18-12-10-17(11-13-18)16-6-2-1-3-7-16/h1-9,14-15,17-18H,10-13H2,(H,23,25). The number of nitrogens with zero attached hydrogens (tertiary/aromatic N) is 1. The highest BCUT2D eigenvalue weighted by Crippen LogP contribution is 2.32. The van der Waals surface area contributed by atoms with Gasteiger partial charge in [0.25, 0.3) is 0 Å². The number of fused-ring (bicyclic) bond motifs is 1. The van der Waals surface area contributed by atoms with Crippen LogP contribution in [-0.2, 0) is 4.79 Å². The van der Waals surface area contributed by atoms with Gasteiger partial charge in [-0.15, -0.1) is 0 Å². The molecule has 0 atom stereocenters. The highest BCUT2D eigenvalue weighted by atomic mass is 16.3. The maximum atomic E-state index is 12.2. The smallest absolute Gasteiger partial charge is 0.244 e. The molecule has 132 valence electrons. The maximum Gasteiger partial charge on any atom is 0.244 e. The molecule has 0 radical (unpaired) electrons. The van der Waals surface area contributed by atoms with Crippen molar-refractivity contribution < 1.29 is 9.21 Å². The third-order valence-electron chi connectivity index (χ3n) is 5.03. The monoisotopic (exact) mass is 346 g/mol. The lowest BCUT2D eigenvalue weighted by Gasteiger charge is -2.29. The Balaban J connectivity index is 1.30. The highest BCUT2D eigenvalue weighted by molar-refractivity contribution is 5.91. The summed E-state index contributed by atoms with van der Waals surface area (Å²) in [4.78, 5) is 16.5. The molecule has 1 aliphatic rings. The van der Waals surface area contributed by atoms with Crippen molar-refractivity contribution in [3.05, 3.63) is 72.1 Å². The third kappa shape index (κ3) is 3.85. The number of amides is 1. The fourth-order valence-electron chi connectivity index (χ4n) is 3.65. The predicted octanol–water partition coefficient (Wildman–Crippen LogP) is 4.68. The topological polar surface area (TPSA) is 55.1 Å². The predicted molar refractivity (Wildman–Crippen MR) is 103 cm³/mol. The van der Waals surface area contributed by atoms with E-state index in [2.05, 4.69) is 40.6 Å². The SMILES string of the molecule is O=C(C=Cc1nc2ccccc2o1)NC1CCC(c2ccccc2)CC1. The molecule has 1 N–H and O–H groups in total. The number of carbonyl (C=O) groups excluding carboxylic acids is 1. The van der Waals surface area contributed by atoms with Gasteiger partial charge < -0.3 is 9.73 Å². The lowest BCUT2D eigenvalue weighted by molar-refractivity contribution is -0.117. The van der Waals surface area contributed by atoms with Crippen molar-refractivity contribution in [1.82, 2.24) is 10.3 Å². The van der Waals surface area contributed by atoms with E-state index in [1.54, 1.807) is 6.08 Å². The quantitative estimate of drug-likeness (QED) is 0.698. The number of hydrogen-bond acceptors (Lipinski definition) is 3. The molecule has 1 aliphatic carbocycles. The fourth-order valence-corrected chi connectivity index (χ4v) is 3.65. The van der Waals surface area contributed by atoms with Crippen molar-refractivity contribution in [2.45, 2.75) is 37.6 Å². The number of aromatic nitrogens is 1. The zero-order valence-corrected chi connectivity index (χ0v) is 14.6. The van der Waals surface area contributed by atoms with Crippen LogP contribution in [0.25, 0.3) is 17.2 Å². The molecule has 4 nitrogen and oxygen atoms in total. The van der Waals surface area contributed by atoms with Crippen LogP contribution in [0.1, 0.15) is 43.1 Å². The number of oxazole rings is 1. The van der Waals surface area contributed by atoms with E-state index >= 15 is 0 Å². The van der Waals surface area contributed by atoms with E-state index in [9.17, 15) is 4.79 Å². The molecule has 0 unspecified atom stereocenters. The van der Waals surface area contributed by atoms with E-state index in [0.29, 0.717) is 11.8 Å². The molecule has 2 aromatic carbocycles. The molecule has 1 amide bonds. The molecule has 1 fully saturated rings. The molecule has 0 aliphatic heterocycles. The van der Waals surface area contributed by atoms with Gasteiger partial charge in [-0.3, -0.25) is 4.79 Å². The van der Waals surface area contributed by atoms with Gasteiger partial charge in [-0.05, 0) is 49.3 Å². The minimum atomic E-state index is -0.0876. The summed E-state index contributed by atoms with van der Waals surface area (Å²) in [5.41, 5.74) is 2.94. The van der Waals surface area contributed by atoms with Crippen LogP contribution in [-0.4, -0.2) is 16.9 Å². The Morgan fingerprint density at radius 3 is 2.50 bits per heavy atom. The molecule has 4 heteroatoms. The van der Waals surface area contributed by atoms with Gasteiger partial charge in [0.05, 0.1) is 0 Å². The van der Waals surface area contributed by atoms with Crippen LogP contribution in [0, 0.1) is 0 Å². The van der Waals surface area contributed by atoms with E-state index < -0.39 is 0 Å². The zero-order chi connectivity index (χ0) is 17.8. The summed E-state index contributed by atoms with van der Waals surface area (Å²) in [7, 11) is 0. The first kappa shape index (κ1) is 16.6. The van der Waals surface area contributed by atoms with Crippen LogP contribution in [0.15, 0.2) is 65.1 Å². The van der Waals surface area contributed by atoms with Crippen LogP contribution in [0.5, 0.6) is 0 Å². The lowest BCUT2D eigenvalue weighted by atomic mass is 9.82. The first-order chi connectivity index (χ1) is 12.8. The van der Waals surface area contributed by atoms with Crippen molar-refractivity contribution in [3.63, 3.8) is 0 Å². The second-order valence-corrected chi connectivity index (χ2v) is 6.82. The first-order valence-electron chi connectivity index (χ1n) is 9.17. The maximum absolute atomic E-state index is 12.2. The second-order valence-electron chi connectivity index (χ2n) is 6.82. The van der Waals surface area contributed by atoms with Gasteiger partial charge in [0, 0.05) is 18.2 Å². The molecular formula is C22H22N2O2. The molecule has 0 spiro atoms. The molecule has 1 aromatic heterocycles. The number of rotatable bonds is 4. The van der Waals surface area contributed by atoms with Gasteiger partial charge in [-0.2, -0.15) is 0 Å². The molecule has 26 heavy (non-hydrogen) atoms. The number of para-hydroxylation sites is 2. The van der Waals surface area contributed by atoms with Gasteiger partial charge in [0.15, 0.2) is 5.58 Å². The van der Waals surface area contributed by atoms with Crippen molar-refractivity contribution in [3.8, 4) is 0 Å². The number of carbonyl (C=O) groups is 1. The van der Waals surface area contributed by atoms with E-state index in [4.69, 9.17) is 4.42 Å². The normalized spacial score (nSPS) is 20.5. The summed E-state index contributed by atoms with van der Waals surface area (Å²) in [6.07, 6.45) is 7.40. The van der Waals surface area contributed by atoms with Crippen LogP contribution in [0.4, 0.5) is 0 Å². The van der Waals surface area contributed by atoms with Gasteiger partial charge >= 0.3 is 0 Å². The minimum absolute atomic E-state index is 0.0876. The summed E-state index contributed by atoms with van der Waals surface area (Å²) in [6, 6.07) is 18.5. The Morgan fingerprint density at radius 1 is 1.00 bits per heavy atom. The van der Waals surface area contributed by atoms with Crippen molar-refractivity contribution in [2.75, 3.05) is 0 Å². The molecule has 4 rings (SSSR count). The van der Waals surface area contributed by atoms with E-state index in [1.165, 1.54) is 11.6 Å². The summed E-state index contributed by atoms with van der Waals surface area (Å²) >= 11 is 0. The zero-order valence-electron chi connectivity index (χ0n) is 14.6. The minimum Gasteiger partial charge on any atom is -0.437 e. The van der Waals surface area contributed by atoms with Crippen molar-refractivity contribution in [1.29, 1.82) is 0 Å². The molecular weight excluding hydrogens is 324 g/mol.